The minimum Gasteiger partial charge on any atom is -0.456 e. The minimum atomic E-state index is 0.946. The van der Waals surface area contributed by atoms with Crippen molar-refractivity contribution in [3.05, 3.63) is 59.1 Å². The third kappa shape index (κ3) is 1.39. The average molecular weight is 297 g/mol. The first-order chi connectivity index (χ1) is 8.81. The van der Waals surface area contributed by atoms with Crippen LogP contribution in [0.2, 0.25) is 0 Å². The predicted molar refractivity (Wildman–Crippen MR) is 78.9 cm³/mol. The molecule has 0 unspecified atom stereocenters. The highest BCUT2D eigenvalue weighted by Gasteiger charge is 2.07. The van der Waals surface area contributed by atoms with Crippen LogP contribution in [-0.4, -0.2) is 0 Å². The second kappa shape index (κ2) is 3.59. The molecule has 4 aromatic rings. The summed E-state index contributed by atoms with van der Waals surface area (Å²) < 4.78 is 6.97. The zero-order chi connectivity index (χ0) is 12.1. The Morgan fingerprint density at radius 2 is 1.61 bits per heavy atom. The molecule has 0 amide bonds. The van der Waals surface area contributed by atoms with Crippen LogP contribution in [0.4, 0.5) is 0 Å². The van der Waals surface area contributed by atoms with Gasteiger partial charge in [-0.1, -0.05) is 40.2 Å². The summed E-state index contributed by atoms with van der Waals surface area (Å²) in [6, 6.07) is 18.8. The van der Waals surface area contributed by atoms with Gasteiger partial charge in [0.15, 0.2) is 0 Å². The minimum absolute atomic E-state index is 0.946. The van der Waals surface area contributed by atoms with Crippen LogP contribution in [0.5, 0.6) is 0 Å². The predicted octanol–water partition coefficient (Wildman–Crippen LogP) is 5.50. The van der Waals surface area contributed by atoms with Crippen molar-refractivity contribution < 1.29 is 4.42 Å². The van der Waals surface area contributed by atoms with Crippen LogP contribution in [0.15, 0.2) is 63.5 Å². The van der Waals surface area contributed by atoms with Crippen LogP contribution in [0.1, 0.15) is 0 Å². The lowest BCUT2D eigenvalue weighted by Gasteiger charge is -1.98. The van der Waals surface area contributed by atoms with Gasteiger partial charge in [-0.15, -0.1) is 0 Å². The lowest BCUT2D eigenvalue weighted by Crippen LogP contribution is -1.73. The smallest absolute Gasteiger partial charge is 0.136 e. The molecule has 0 aliphatic carbocycles. The first kappa shape index (κ1) is 10.2. The summed E-state index contributed by atoms with van der Waals surface area (Å²) in [4.78, 5) is 0. The molecule has 2 heteroatoms. The van der Waals surface area contributed by atoms with Gasteiger partial charge in [0.05, 0.1) is 0 Å². The number of rotatable bonds is 0. The van der Waals surface area contributed by atoms with Crippen LogP contribution in [0.3, 0.4) is 0 Å². The van der Waals surface area contributed by atoms with Crippen LogP contribution in [0, 0.1) is 0 Å². The van der Waals surface area contributed by atoms with E-state index in [2.05, 4.69) is 52.3 Å². The molecule has 0 N–H and O–H groups in total. The second-order valence-electron chi connectivity index (χ2n) is 4.44. The molecule has 0 atom stereocenters. The SMILES string of the molecule is Brc1ccc2cc3c(cc2c1)oc1ccccc13. The maximum atomic E-state index is 5.89. The third-order valence-corrected chi connectivity index (χ3v) is 3.79. The first-order valence-corrected chi connectivity index (χ1v) is 6.61. The zero-order valence-corrected chi connectivity index (χ0v) is 11.1. The summed E-state index contributed by atoms with van der Waals surface area (Å²) in [5.74, 6) is 0. The average Bonchev–Trinajstić information content (AvgIpc) is 2.73. The number of benzene rings is 3. The molecule has 0 fully saturated rings. The van der Waals surface area contributed by atoms with Gasteiger partial charge in [-0.3, -0.25) is 0 Å². The van der Waals surface area contributed by atoms with Crippen molar-refractivity contribution in [3.8, 4) is 0 Å². The van der Waals surface area contributed by atoms with Crippen molar-refractivity contribution in [2.24, 2.45) is 0 Å². The molecule has 4 rings (SSSR count). The Hall–Kier alpha value is -1.80. The van der Waals surface area contributed by atoms with E-state index >= 15 is 0 Å². The Labute approximate surface area is 112 Å². The summed E-state index contributed by atoms with van der Waals surface area (Å²) in [6.45, 7) is 0. The van der Waals surface area contributed by atoms with Crippen molar-refractivity contribution in [1.82, 2.24) is 0 Å². The fourth-order valence-electron chi connectivity index (χ4n) is 2.44. The van der Waals surface area contributed by atoms with E-state index in [1.165, 1.54) is 21.5 Å². The molecule has 1 aromatic heterocycles. The Bertz CT molecular complexity index is 889. The van der Waals surface area contributed by atoms with Gasteiger partial charge >= 0.3 is 0 Å². The van der Waals surface area contributed by atoms with Crippen molar-refractivity contribution in [3.63, 3.8) is 0 Å². The quantitative estimate of drug-likeness (QED) is 0.417. The molecular formula is C16H9BrO. The number of halogens is 1. The molecule has 86 valence electrons. The van der Waals surface area contributed by atoms with E-state index in [0.29, 0.717) is 0 Å². The molecule has 0 radical (unpaired) electrons. The molecule has 1 heterocycles. The molecule has 0 bridgehead atoms. The number of hydrogen-bond acceptors (Lipinski definition) is 1. The third-order valence-electron chi connectivity index (χ3n) is 3.30. The lowest BCUT2D eigenvalue weighted by molar-refractivity contribution is 0.669. The number of furan rings is 1. The molecular weight excluding hydrogens is 288 g/mol. The van der Waals surface area contributed by atoms with Gasteiger partial charge in [-0.2, -0.15) is 0 Å². The monoisotopic (exact) mass is 296 g/mol. The fraction of sp³-hybridized carbons (Fsp3) is 0. The molecule has 3 aromatic carbocycles. The van der Waals surface area contributed by atoms with Crippen molar-refractivity contribution in [1.29, 1.82) is 0 Å². The van der Waals surface area contributed by atoms with Crippen LogP contribution in [0.25, 0.3) is 32.7 Å². The van der Waals surface area contributed by atoms with Crippen LogP contribution >= 0.6 is 15.9 Å². The maximum Gasteiger partial charge on any atom is 0.136 e. The highest BCUT2D eigenvalue weighted by atomic mass is 79.9. The molecule has 0 aliphatic rings. The zero-order valence-electron chi connectivity index (χ0n) is 9.48. The Balaban J connectivity index is 2.23. The van der Waals surface area contributed by atoms with Gasteiger partial charge in [-0.05, 0) is 41.1 Å². The lowest BCUT2D eigenvalue weighted by atomic mass is 10.1. The normalized spacial score (nSPS) is 11.6. The van der Waals surface area contributed by atoms with Crippen molar-refractivity contribution in [2.75, 3.05) is 0 Å². The standard InChI is InChI=1S/C16H9BrO/c17-12-6-5-10-8-14-13-3-1-2-4-15(13)18-16(14)9-11(10)7-12/h1-9H. The number of hydrogen-bond donors (Lipinski definition) is 0. The van der Waals surface area contributed by atoms with E-state index in [1.54, 1.807) is 0 Å². The molecule has 0 saturated carbocycles. The summed E-state index contributed by atoms with van der Waals surface area (Å²) in [6.07, 6.45) is 0. The van der Waals surface area contributed by atoms with Crippen LogP contribution < -0.4 is 0 Å². The van der Waals surface area contributed by atoms with Gasteiger partial charge in [0.25, 0.3) is 0 Å². The number of fused-ring (bicyclic) bond motifs is 4. The van der Waals surface area contributed by atoms with Gasteiger partial charge in [0.1, 0.15) is 11.2 Å². The van der Waals surface area contributed by atoms with E-state index in [0.717, 1.165) is 15.6 Å². The van der Waals surface area contributed by atoms with E-state index in [9.17, 15) is 0 Å². The first-order valence-electron chi connectivity index (χ1n) is 5.82. The Morgan fingerprint density at radius 1 is 0.722 bits per heavy atom. The highest BCUT2D eigenvalue weighted by molar-refractivity contribution is 9.10. The van der Waals surface area contributed by atoms with Crippen molar-refractivity contribution in [2.45, 2.75) is 0 Å². The van der Waals surface area contributed by atoms with E-state index in [1.807, 2.05) is 18.2 Å². The maximum absolute atomic E-state index is 5.89. The number of para-hydroxylation sites is 1. The molecule has 0 aliphatic heterocycles. The molecule has 18 heavy (non-hydrogen) atoms. The van der Waals surface area contributed by atoms with Crippen molar-refractivity contribution >= 4 is 48.6 Å². The Morgan fingerprint density at radius 3 is 2.56 bits per heavy atom. The van der Waals surface area contributed by atoms with E-state index in [-0.39, 0.29) is 0 Å². The van der Waals surface area contributed by atoms with Gasteiger partial charge in [0, 0.05) is 15.2 Å². The van der Waals surface area contributed by atoms with Gasteiger partial charge in [-0.25, -0.2) is 0 Å². The molecule has 0 saturated heterocycles. The summed E-state index contributed by atoms with van der Waals surface area (Å²) >= 11 is 3.50. The molecule has 0 spiro atoms. The highest BCUT2D eigenvalue weighted by Crippen LogP contribution is 2.32. The molecule has 1 nitrogen and oxygen atoms in total. The largest absolute Gasteiger partial charge is 0.456 e. The summed E-state index contributed by atoms with van der Waals surface area (Å²) in [7, 11) is 0. The second-order valence-corrected chi connectivity index (χ2v) is 5.35. The van der Waals surface area contributed by atoms with E-state index < -0.39 is 0 Å². The van der Waals surface area contributed by atoms with Gasteiger partial charge in [0.2, 0.25) is 0 Å². The van der Waals surface area contributed by atoms with Gasteiger partial charge < -0.3 is 4.42 Å². The topological polar surface area (TPSA) is 13.1 Å². The Kier molecular flexibility index (Phi) is 2.03. The fourth-order valence-corrected chi connectivity index (χ4v) is 2.82. The summed E-state index contributed by atoms with van der Waals surface area (Å²) in [5, 5.41) is 4.78. The van der Waals surface area contributed by atoms with Crippen LogP contribution in [-0.2, 0) is 0 Å². The van der Waals surface area contributed by atoms with E-state index in [4.69, 9.17) is 4.42 Å². The summed E-state index contributed by atoms with van der Waals surface area (Å²) in [5.41, 5.74) is 1.89.